The summed E-state index contributed by atoms with van der Waals surface area (Å²) in [5, 5.41) is 2.81. The summed E-state index contributed by atoms with van der Waals surface area (Å²) >= 11 is 0. The van der Waals surface area contributed by atoms with Crippen molar-refractivity contribution in [1.82, 2.24) is 15.1 Å². The molecule has 2 aromatic rings. The summed E-state index contributed by atoms with van der Waals surface area (Å²) in [6.07, 6.45) is 0. The van der Waals surface area contributed by atoms with Gasteiger partial charge in [0.25, 0.3) is 0 Å². The van der Waals surface area contributed by atoms with Crippen LogP contribution in [-0.2, 0) is 16.1 Å². The Kier molecular flexibility index (Phi) is 8.80. The maximum Gasteiger partial charge on any atom is 0.244 e. The SMILES string of the molecule is CCN(CC(=O)NCc1ccc(F)cc1)C(=O)C(c1ccccc1)N(CC)CC. The molecule has 0 aliphatic rings. The zero-order chi connectivity index (χ0) is 21.2. The highest BCUT2D eigenvalue weighted by Crippen LogP contribution is 2.23. The van der Waals surface area contributed by atoms with Gasteiger partial charge in [0, 0.05) is 13.1 Å². The summed E-state index contributed by atoms with van der Waals surface area (Å²) in [4.78, 5) is 29.4. The Morgan fingerprint density at radius 3 is 2.10 bits per heavy atom. The standard InChI is InChI=1S/C23H30FN3O2/c1-4-26(5-2)22(19-10-8-7-9-11-19)23(29)27(6-3)17-21(28)25-16-18-12-14-20(24)15-13-18/h7-15,22H,4-6,16-17H2,1-3H3,(H,25,28). The fourth-order valence-electron chi connectivity index (χ4n) is 3.28. The predicted octanol–water partition coefficient (Wildman–Crippen LogP) is 3.37. The van der Waals surface area contributed by atoms with Crippen molar-refractivity contribution in [1.29, 1.82) is 0 Å². The van der Waals surface area contributed by atoms with E-state index in [4.69, 9.17) is 0 Å². The van der Waals surface area contributed by atoms with Crippen LogP contribution in [0.2, 0.25) is 0 Å². The molecule has 0 saturated carbocycles. The summed E-state index contributed by atoms with van der Waals surface area (Å²) in [7, 11) is 0. The summed E-state index contributed by atoms with van der Waals surface area (Å²) in [6, 6.07) is 15.2. The van der Waals surface area contributed by atoms with E-state index in [9.17, 15) is 14.0 Å². The number of amides is 2. The zero-order valence-corrected chi connectivity index (χ0v) is 17.4. The van der Waals surface area contributed by atoms with Gasteiger partial charge in [-0.3, -0.25) is 14.5 Å². The van der Waals surface area contributed by atoms with E-state index in [-0.39, 0.29) is 24.2 Å². The first-order chi connectivity index (χ1) is 14.0. The molecule has 2 amide bonds. The molecule has 156 valence electrons. The number of benzene rings is 2. The third-order valence-electron chi connectivity index (χ3n) is 4.96. The minimum atomic E-state index is -0.420. The van der Waals surface area contributed by atoms with Crippen molar-refractivity contribution in [3.05, 3.63) is 71.5 Å². The Morgan fingerprint density at radius 1 is 0.931 bits per heavy atom. The Hall–Kier alpha value is -2.73. The van der Waals surface area contributed by atoms with Crippen LogP contribution in [-0.4, -0.2) is 47.8 Å². The van der Waals surface area contributed by atoms with E-state index in [0.29, 0.717) is 13.1 Å². The molecule has 0 aliphatic carbocycles. The van der Waals surface area contributed by atoms with Crippen molar-refractivity contribution in [2.45, 2.75) is 33.4 Å². The van der Waals surface area contributed by atoms with E-state index >= 15 is 0 Å². The molecule has 2 aromatic carbocycles. The molecule has 0 heterocycles. The smallest absolute Gasteiger partial charge is 0.244 e. The number of carbonyl (C=O) groups is 2. The Morgan fingerprint density at radius 2 is 1.55 bits per heavy atom. The second-order valence-electron chi connectivity index (χ2n) is 6.79. The highest BCUT2D eigenvalue weighted by Gasteiger charge is 2.30. The van der Waals surface area contributed by atoms with Gasteiger partial charge in [-0.2, -0.15) is 0 Å². The number of hydrogen-bond donors (Lipinski definition) is 1. The number of rotatable bonds is 10. The molecule has 5 nitrogen and oxygen atoms in total. The third-order valence-corrected chi connectivity index (χ3v) is 4.96. The van der Waals surface area contributed by atoms with E-state index < -0.39 is 6.04 Å². The lowest BCUT2D eigenvalue weighted by Gasteiger charge is -2.33. The number of hydrogen-bond acceptors (Lipinski definition) is 3. The molecule has 0 fully saturated rings. The minimum absolute atomic E-state index is 0.0128. The summed E-state index contributed by atoms with van der Waals surface area (Å²) in [6.45, 7) is 8.11. The van der Waals surface area contributed by atoms with Crippen LogP contribution in [0.1, 0.15) is 37.9 Å². The Bertz CT molecular complexity index is 776. The van der Waals surface area contributed by atoms with Crippen molar-refractivity contribution in [2.24, 2.45) is 0 Å². The molecule has 29 heavy (non-hydrogen) atoms. The van der Waals surface area contributed by atoms with Gasteiger partial charge in [-0.1, -0.05) is 56.3 Å². The van der Waals surface area contributed by atoms with Gasteiger partial charge in [0.15, 0.2) is 0 Å². The molecular weight excluding hydrogens is 369 g/mol. The number of nitrogens with one attached hydrogen (secondary N) is 1. The second-order valence-corrected chi connectivity index (χ2v) is 6.79. The van der Waals surface area contributed by atoms with Crippen LogP contribution in [0.3, 0.4) is 0 Å². The summed E-state index contributed by atoms with van der Waals surface area (Å²) < 4.78 is 13.0. The van der Waals surface area contributed by atoms with Crippen LogP contribution < -0.4 is 5.32 Å². The first-order valence-electron chi connectivity index (χ1n) is 10.1. The van der Waals surface area contributed by atoms with Crippen LogP contribution in [0.5, 0.6) is 0 Å². The average Bonchev–Trinajstić information content (AvgIpc) is 2.75. The van der Waals surface area contributed by atoms with Crippen molar-refractivity contribution in [3.8, 4) is 0 Å². The maximum absolute atomic E-state index is 13.3. The molecule has 1 N–H and O–H groups in total. The lowest BCUT2D eigenvalue weighted by molar-refractivity contribution is -0.140. The molecule has 2 rings (SSSR count). The number of carbonyl (C=O) groups excluding carboxylic acids is 2. The highest BCUT2D eigenvalue weighted by atomic mass is 19.1. The fraction of sp³-hybridized carbons (Fsp3) is 0.391. The molecule has 6 heteroatoms. The topological polar surface area (TPSA) is 52.7 Å². The molecular formula is C23H30FN3O2. The molecule has 0 aliphatic heterocycles. The maximum atomic E-state index is 13.3. The number of halogens is 1. The van der Waals surface area contributed by atoms with Gasteiger partial charge in [0.1, 0.15) is 11.9 Å². The normalized spacial score (nSPS) is 11.9. The van der Waals surface area contributed by atoms with E-state index in [1.54, 1.807) is 17.0 Å². The second kappa shape index (κ2) is 11.3. The van der Waals surface area contributed by atoms with E-state index in [1.165, 1.54) is 12.1 Å². The molecule has 0 aromatic heterocycles. The van der Waals surface area contributed by atoms with Gasteiger partial charge in [-0.15, -0.1) is 0 Å². The van der Waals surface area contributed by atoms with Crippen LogP contribution in [0, 0.1) is 5.82 Å². The van der Waals surface area contributed by atoms with E-state index in [0.717, 1.165) is 24.2 Å². The Balaban J connectivity index is 2.07. The molecule has 1 atom stereocenters. The number of likely N-dealkylation sites (N-methyl/N-ethyl adjacent to an activating group) is 2. The van der Waals surface area contributed by atoms with Gasteiger partial charge >= 0.3 is 0 Å². The monoisotopic (exact) mass is 399 g/mol. The summed E-state index contributed by atoms with van der Waals surface area (Å²) in [5.74, 6) is -0.638. The van der Waals surface area contributed by atoms with Crippen molar-refractivity contribution >= 4 is 11.8 Å². The van der Waals surface area contributed by atoms with Crippen LogP contribution in [0.4, 0.5) is 4.39 Å². The van der Waals surface area contributed by atoms with Gasteiger partial charge in [0.05, 0.1) is 6.54 Å². The van der Waals surface area contributed by atoms with Crippen LogP contribution >= 0.6 is 0 Å². The fourth-order valence-corrected chi connectivity index (χ4v) is 3.28. The molecule has 0 bridgehead atoms. The zero-order valence-electron chi connectivity index (χ0n) is 17.4. The quantitative estimate of drug-likeness (QED) is 0.666. The largest absolute Gasteiger partial charge is 0.350 e. The minimum Gasteiger partial charge on any atom is -0.350 e. The van der Waals surface area contributed by atoms with Gasteiger partial charge in [-0.05, 0) is 43.3 Å². The molecule has 0 radical (unpaired) electrons. The lowest BCUT2D eigenvalue weighted by Crippen LogP contribution is -2.46. The third kappa shape index (κ3) is 6.39. The van der Waals surface area contributed by atoms with Gasteiger partial charge in [0.2, 0.25) is 11.8 Å². The van der Waals surface area contributed by atoms with E-state index in [2.05, 4.69) is 10.2 Å². The number of nitrogens with zero attached hydrogens (tertiary/aromatic N) is 2. The first-order valence-corrected chi connectivity index (χ1v) is 10.1. The predicted molar refractivity (Wildman–Crippen MR) is 113 cm³/mol. The summed E-state index contributed by atoms with van der Waals surface area (Å²) in [5.41, 5.74) is 1.73. The van der Waals surface area contributed by atoms with Crippen LogP contribution in [0.15, 0.2) is 54.6 Å². The van der Waals surface area contributed by atoms with Crippen LogP contribution in [0.25, 0.3) is 0 Å². The van der Waals surface area contributed by atoms with Crippen molar-refractivity contribution in [2.75, 3.05) is 26.2 Å². The van der Waals surface area contributed by atoms with Crippen molar-refractivity contribution in [3.63, 3.8) is 0 Å². The Labute approximate surface area is 172 Å². The molecule has 0 spiro atoms. The molecule has 0 saturated heterocycles. The van der Waals surface area contributed by atoms with Crippen molar-refractivity contribution < 1.29 is 14.0 Å². The highest BCUT2D eigenvalue weighted by molar-refractivity contribution is 5.88. The molecule has 1 unspecified atom stereocenters. The average molecular weight is 400 g/mol. The first kappa shape index (κ1) is 22.6. The lowest BCUT2D eigenvalue weighted by atomic mass is 10.0. The van der Waals surface area contributed by atoms with Gasteiger partial charge < -0.3 is 10.2 Å². The van der Waals surface area contributed by atoms with Gasteiger partial charge in [-0.25, -0.2) is 4.39 Å². The van der Waals surface area contributed by atoms with E-state index in [1.807, 2.05) is 51.1 Å².